The van der Waals surface area contributed by atoms with Crippen molar-refractivity contribution in [1.29, 1.82) is 0 Å². The molecule has 0 heterocycles. The van der Waals surface area contributed by atoms with E-state index in [0.29, 0.717) is 0 Å². The molecule has 0 aromatic rings. The molecule has 0 fully saturated rings. The Morgan fingerprint density at radius 1 is 0.895 bits per heavy atom. The van der Waals surface area contributed by atoms with E-state index >= 15 is 0 Å². The van der Waals surface area contributed by atoms with Gasteiger partial charge in [-0.05, 0) is 13.8 Å². The minimum Gasteiger partial charge on any atom is -0.359 e. The Morgan fingerprint density at radius 3 is 1.37 bits per heavy atom. The van der Waals surface area contributed by atoms with E-state index in [1.54, 1.807) is 28.2 Å². The second-order valence-electron chi connectivity index (χ2n) is 4.45. The van der Waals surface area contributed by atoms with Crippen molar-refractivity contribution in [3.63, 3.8) is 0 Å². The highest BCUT2D eigenvalue weighted by Crippen LogP contribution is 2.23. The molecule has 0 aromatic heterocycles. The molecule has 2 atom stereocenters. The molecule has 2 amide bonds. The van der Waals surface area contributed by atoms with Crippen molar-refractivity contribution in [3.8, 4) is 0 Å². The van der Waals surface area contributed by atoms with Gasteiger partial charge in [0.2, 0.25) is 11.8 Å². The highest BCUT2D eigenvalue weighted by molar-refractivity contribution is 7.39. The number of nitrogens with zero attached hydrogens (tertiary/aromatic N) is 2. The van der Waals surface area contributed by atoms with Crippen LogP contribution in [0.3, 0.4) is 0 Å². The predicted octanol–water partition coefficient (Wildman–Crippen LogP) is 0.886. The van der Waals surface area contributed by atoms with Crippen LogP contribution in [0.2, 0.25) is 0 Å². The van der Waals surface area contributed by atoms with Crippen LogP contribution < -0.4 is 0 Å². The van der Waals surface area contributed by atoms with E-state index in [2.05, 4.69) is 0 Å². The smallest absolute Gasteiger partial charge is 0.359 e. The van der Waals surface area contributed by atoms with E-state index in [4.69, 9.17) is 31.0 Å². The maximum Gasteiger partial charge on any atom is 0.552 e. The molecule has 6 nitrogen and oxygen atoms in total. The molecule has 0 bridgehead atoms. The number of hydrogen-bond donors (Lipinski definition) is 0. The van der Waals surface area contributed by atoms with Gasteiger partial charge in [-0.1, -0.05) is 22.2 Å². The SMILES string of the molecule is CC(O[Si](Cl)(Cl)OC(C)C(=O)N(C)C)C(=O)N(C)C. The fourth-order valence-corrected chi connectivity index (χ4v) is 3.95. The minimum atomic E-state index is -3.60. The van der Waals surface area contributed by atoms with Gasteiger partial charge in [0.15, 0.2) is 0 Å². The summed E-state index contributed by atoms with van der Waals surface area (Å²) in [5.41, 5.74) is 0. The van der Waals surface area contributed by atoms with Crippen LogP contribution in [0.5, 0.6) is 0 Å². The fourth-order valence-electron chi connectivity index (χ4n) is 1.27. The van der Waals surface area contributed by atoms with Crippen LogP contribution in [0.25, 0.3) is 0 Å². The van der Waals surface area contributed by atoms with Gasteiger partial charge in [0.05, 0.1) is 0 Å². The molecule has 0 aliphatic heterocycles. The second kappa shape index (κ2) is 7.44. The first-order valence-electron chi connectivity index (χ1n) is 5.63. The van der Waals surface area contributed by atoms with Gasteiger partial charge in [-0.3, -0.25) is 9.59 Å². The summed E-state index contributed by atoms with van der Waals surface area (Å²) < 4.78 is 10.5. The van der Waals surface area contributed by atoms with Crippen molar-refractivity contribution in [3.05, 3.63) is 0 Å². The van der Waals surface area contributed by atoms with Crippen LogP contribution in [-0.4, -0.2) is 69.2 Å². The lowest BCUT2D eigenvalue weighted by molar-refractivity contribution is -0.138. The zero-order chi connectivity index (χ0) is 15.4. The first-order valence-corrected chi connectivity index (χ1v) is 9.47. The minimum absolute atomic E-state index is 0.284. The topological polar surface area (TPSA) is 59.1 Å². The third-order valence-electron chi connectivity index (χ3n) is 2.21. The van der Waals surface area contributed by atoms with Crippen molar-refractivity contribution >= 4 is 41.2 Å². The summed E-state index contributed by atoms with van der Waals surface area (Å²) in [6.45, 7) is 3.05. The molecule has 0 radical (unpaired) electrons. The predicted molar refractivity (Wildman–Crippen MR) is 75.9 cm³/mol. The van der Waals surface area contributed by atoms with Crippen molar-refractivity contribution in [2.24, 2.45) is 0 Å². The summed E-state index contributed by atoms with van der Waals surface area (Å²) >= 11 is 11.9. The summed E-state index contributed by atoms with van der Waals surface area (Å²) in [5.74, 6) is -0.568. The van der Waals surface area contributed by atoms with Crippen molar-refractivity contribution < 1.29 is 18.4 Å². The molecule has 0 rings (SSSR count). The van der Waals surface area contributed by atoms with Gasteiger partial charge in [0.1, 0.15) is 12.2 Å². The Hall–Kier alpha value is -0.343. The molecule has 2 unspecified atom stereocenters. The number of carbonyl (C=O) groups excluding carboxylic acids is 2. The van der Waals surface area contributed by atoms with Crippen LogP contribution in [0.1, 0.15) is 13.8 Å². The van der Waals surface area contributed by atoms with Crippen LogP contribution in [-0.2, 0) is 18.4 Å². The molecular formula is C10H20Cl2N2O4Si. The van der Waals surface area contributed by atoms with Gasteiger partial charge in [0.25, 0.3) is 0 Å². The fraction of sp³-hybridized carbons (Fsp3) is 0.800. The average molecular weight is 331 g/mol. The van der Waals surface area contributed by atoms with Gasteiger partial charge in [0, 0.05) is 28.2 Å². The van der Waals surface area contributed by atoms with Gasteiger partial charge >= 0.3 is 7.18 Å². The lowest BCUT2D eigenvalue weighted by Gasteiger charge is -2.26. The third-order valence-corrected chi connectivity index (χ3v) is 4.53. The van der Waals surface area contributed by atoms with Crippen LogP contribution in [0.15, 0.2) is 0 Å². The zero-order valence-electron chi connectivity index (χ0n) is 11.9. The van der Waals surface area contributed by atoms with E-state index < -0.39 is 19.4 Å². The van der Waals surface area contributed by atoms with E-state index in [-0.39, 0.29) is 11.8 Å². The van der Waals surface area contributed by atoms with E-state index in [9.17, 15) is 9.59 Å². The normalized spacial score (nSPS) is 14.7. The monoisotopic (exact) mass is 330 g/mol. The molecule has 0 aliphatic carbocycles. The van der Waals surface area contributed by atoms with Gasteiger partial charge < -0.3 is 18.7 Å². The lowest BCUT2D eigenvalue weighted by atomic mass is 10.4. The van der Waals surface area contributed by atoms with E-state index in [0.717, 1.165) is 0 Å². The quantitative estimate of drug-likeness (QED) is 0.536. The molecule has 112 valence electrons. The van der Waals surface area contributed by atoms with Crippen molar-refractivity contribution in [2.45, 2.75) is 26.1 Å². The van der Waals surface area contributed by atoms with Gasteiger partial charge in [-0.25, -0.2) is 0 Å². The molecule has 0 spiro atoms. The highest BCUT2D eigenvalue weighted by Gasteiger charge is 2.41. The second-order valence-corrected chi connectivity index (χ2v) is 9.41. The van der Waals surface area contributed by atoms with Gasteiger partial charge in [-0.15, -0.1) is 0 Å². The molecule has 19 heavy (non-hydrogen) atoms. The molecular weight excluding hydrogens is 311 g/mol. The third kappa shape index (κ3) is 6.58. The largest absolute Gasteiger partial charge is 0.552 e. The molecule has 0 aliphatic rings. The van der Waals surface area contributed by atoms with Gasteiger partial charge in [-0.2, -0.15) is 0 Å². The molecule has 0 N–H and O–H groups in total. The van der Waals surface area contributed by atoms with Crippen LogP contribution in [0, 0.1) is 0 Å². The zero-order valence-corrected chi connectivity index (χ0v) is 14.4. The Bertz CT molecular complexity index is 309. The van der Waals surface area contributed by atoms with E-state index in [1.165, 1.54) is 23.6 Å². The standard InChI is InChI=1S/C10H20Cl2N2O4Si/c1-7(9(15)13(3)4)17-19(11,12)18-8(2)10(16)14(5)6/h7-8H,1-6H3. The number of hydrogen-bond acceptors (Lipinski definition) is 4. The number of carbonyl (C=O) groups is 2. The maximum atomic E-state index is 11.6. The number of rotatable bonds is 6. The average Bonchev–Trinajstić information content (AvgIpc) is 2.24. The molecule has 0 aromatic carbocycles. The number of halogens is 2. The van der Waals surface area contributed by atoms with Crippen LogP contribution in [0.4, 0.5) is 0 Å². The molecule has 0 saturated heterocycles. The highest BCUT2D eigenvalue weighted by atomic mass is 35.7. The Morgan fingerprint density at radius 2 is 1.16 bits per heavy atom. The lowest BCUT2D eigenvalue weighted by Crippen LogP contribution is -2.45. The Balaban J connectivity index is 4.55. The first-order chi connectivity index (χ1) is 8.48. The van der Waals surface area contributed by atoms with E-state index in [1.807, 2.05) is 0 Å². The maximum absolute atomic E-state index is 11.6. The summed E-state index contributed by atoms with van der Waals surface area (Å²) in [7, 11) is 2.76. The van der Waals surface area contributed by atoms with Crippen LogP contribution >= 0.6 is 22.2 Å². The Labute approximate surface area is 124 Å². The summed E-state index contributed by atoms with van der Waals surface area (Å²) in [5, 5.41) is 0. The summed E-state index contributed by atoms with van der Waals surface area (Å²) in [6, 6.07) is 0. The van der Waals surface area contributed by atoms with Crippen molar-refractivity contribution in [2.75, 3.05) is 28.2 Å². The summed E-state index contributed by atoms with van der Waals surface area (Å²) in [6.07, 6.45) is -1.67. The number of amides is 2. The van der Waals surface area contributed by atoms with Crippen molar-refractivity contribution in [1.82, 2.24) is 9.80 Å². The summed E-state index contributed by atoms with van der Waals surface area (Å²) in [4.78, 5) is 26.0. The molecule has 0 saturated carbocycles. The Kier molecular flexibility index (Phi) is 7.31. The number of likely N-dealkylation sites (N-methyl/N-ethyl adjacent to an activating group) is 2. The first kappa shape index (κ1) is 18.7. The molecule has 9 heteroatoms.